The first-order valence-electron chi connectivity index (χ1n) is 7.61. The number of nitrogens with one attached hydrogen (secondary N) is 2. The lowest BCUT2D eigenvalue weighted by Gasteiger charge is -2.26. The van der Waals surface area contributed by atoms with E-state index in [1.54, 1.807) is 0 Å². The molecule has 3 rings (SSSR count). The van der Waals surface area contributed by atoms with Crippen molar-refractivity contribution in [2.45, 2.75) is 4.90 Å². The number of morpholine rings is 1. The van der Waals surface area contributed by atoms with E-state index in [2.05, 4.69) is 15.3 Å². The van der Waals surface area contributed by atoms with Crippen LogP contribution in [0.5, 0.6) is 0 Å². The van der Waals surface area contributed by atoms with Crippen LogP contribution in [0.4, 0.5) is 5.69 Å². The first kappa shape index (κ1) is 18.5. The number of aromatic amines is 1. The molecule has 1 aromatic heterocycles. The fourth-order valence-corrected chi connectivity index (χ4v) is 3.95. The van der Waals surface area contributed by atoms with Gasteiger partial charge in [-0.15, -0.1) is 0 Å². The van der Waals surface area contributed by atoms with Crippen LogP contribution in [0.3, 0.4) is 0 Å². The van der Waals surface area contributed by atoms with Crippen molar-refractivity contribution in [3.05, 3.63) is 51.7 Å². The molecule has 0 unspecified atom stereocenters. The highest BCUT2D eigenvalue weighted by Gasteiger charge is 2.27. The van der Waals surface area contributed by atoms with Gasteiger partial charge in [0.25, 0.3) is 11.5 Å². The minimum absolute atomic E-state index is 0.00790. The summed E-state index contributed by atoms with van der Waals surface area (Å²) < 4.78 is 31.9. The number of hydrogen-bond acceptors (Lipinski definition) is 6. The summed E-state index contributed by atoms with van der Waals surface area (Å²) in [6.07, 6.45) is 2.12. The number of aromatic nitrogens is 2. The van der Waals surface area contributed by atoms with E-state index in [0.717, 1.165) is 12.4 Å². The first-order valence-corrected chi connectivity index (χ1v) is 9.43. The Morgan fingerprint density at radius 3 is 2.69 bits per heavy atom. The molecule has 9 nitrogen and oxygen atoms in total. The summed E-state index contributed by atoms with van der Waals surface area (Å²) in [5.41, 5.74) is -0.362. The average molecular weight is 399 g/mol. The molecule has 1 saturated heterocycles. The second-order valence-electron chi connectivity index (χ2n) is 5.41. The summed E-state index contributed by atoms with van der Waals surface area (Å²) in [5, 5.41) is 2.67. The number of rotatable bonds is 4. The van der Waals surface area contributed by atoms with E-state index < -0.39 is 21.5 Å². The van der Waals surface area contributed by atoms with Crippen LogP contribution in [-0.2, 0) is 14.8 Å². The van der Waals surface area contributed by atoms with Crippen LogP contribution in [0, 0.1) is 0 Å². The monoisotopic (exact) mass is 398 g/mol. The van der Waals surface area contributed by atoms with Crippen molar-refractivity contribution in [2.24, 2.45) is 0 Å². The van der Waals surface area contributed by atoms with E-state index in [-0.39, 0.29) is 34.4 Å². The smallest absolute Gasteiger partial charge is 0.275 e. The molecule has 1 aromatic carbocycles. The third kappa shape index (κ3) is 3.93. The number of halogens is 1. The highest BCUT2D eigenvalue weighted by molar-refractivity contribution is 7.89. The molecule has 26 heavy (non-hydrogen) atoms. The zero-order valence-electron chi connectivity index (χ0n) is 13.4. The Labute approximate surface area is 154 Å². The van der Waals surface area contributed by atoms with E-state index in [4.69, 9.17) is 16.3 Å². The number of hydrogen-bond donors (Lipinski definition) is 2. The highest BCUT2D eigenvalue weighted by atomic mass is 35.5. The van der Waals surface area contributed by atoms with Gasteiger partial charge in [-0.05, 0) is 18.2 Å². The van der Waals surface area contributed by atoms with Crippen molar-refractivity contribution in [2.75, 3.05) is 31.6 Å². The quantitative estimate of drug-likeness (QED) is 0.781. The zero-order chi connectivity index (χ0) is 18.7. The molecule has 0 atom stereocenters. The number of sulfonamides is 1. The third-order valence-electron chi connectivity index (χ3n) is 3.70. The van der Waals surface area contributed by atoms with Gasteiger partial charge in [-0.2, -0.15) is 4.31 Å². The summed E-state index contributed by atoms with van der Waals surface area (Å²) in [6.45, 7) is 1.17. The predicted molar refractivity (Wildman–Crippen MR) is 93.8 cm³/mol. The van der Waals surface area contributed by atoms with Gasteiger partial charge in [-0.3, -0.25) is 9.59 Å². The van der Waals surface area contributed by atoms with Crippen molar-refractivity contribution >= 4 is 33.2 Å². The fourth-order valence-electron chi connectivity index (χ4n) is 2.35. The van der Waals surface area contributed by atoms with E-state index in [0.29, 0.717) is 13.2 Å². The first-order chi connectivity index (χ1) is 12.4. The van der Waals surface area contributed by atoms with Gasteiger partial charge in [-0.1, -0.05) is 11.6 Å². The largest absolute Gasteiger partial charge is 0.379 e. The molecule has 0 radical (unpaired) electrons. The summed E-state index contributed by atoms with van der Waals surface area (Å²) in [6, 6.07) is 4.06. The minimum atomic E-state index is -3.73. The molecule has 11 heteroatoms. The van der Waals surface area contributed by atoms with Crippen LogP contribution >= 0.6 is 11.6 Å². The maximum Gasteiger partial charge on any atom is 0.275 e. The molecule has 1 amide bonds. The van der Waals surface area contributed by atoms with Gasteiger partial charge in [0.15, 0.2) is 0 Å². The van der Waals surface area contributed by atoms with Gasteiger partial charge in [0.2, 0.25) is 10.0 Å². The van der Waals surface area contributed by atoms with Crippen LogP contribution < -0.4 is 10.9 Å². The van der Waals surface area contributed by atoms with Crippen LogP contribution in [0.1, 0.15) is 10.5 Å². The highest BCUT2D eigenvalue weighted by Crippen LogP contribution is 2.27. The molecule has 2 heterocycles. The van der Waals surface area contributed by atoms with Gasteiger partial charge in [0.1, 0.15) is 5.69 Å². The number of anilines is 1. The average Bonchev–Trinajstić information content (AvgIpc) is 2.64. The second kappa shape index (κ2) is 7.54. The standard InChI is InChI=1S/C15H15ClN4O5S/c16-11-2-1-10(26(23,24)20-3-5-25-6-4-20)7-12(11)19-15(22)13-8-18-14(21)9-17-13/h1-2,7-9H,3-6H2,(H,18,21)(H,19,22). The molecule has 2 N–H and O–H groups in total. The van der Waals surface area contributed by atoms with Crippen LogP contribution in [0.2, 0.25) is 5.02 Å². The molecule has 0 spiro atoms. The molecule has 1 fully saturated rings. The SMILES string of the molecule is O=C(Nc1cc(S(=O)(=O)N2CCOCC2)ccc1Cl)c1c[nH]c(=O)cn1. The third-order valence-corrected chi connectivity index (χ3v) is 5.92. The molecule has 0 bridgehead atoms. The van der Waals surface area contributed by atoms with Crippen molar-refractivity contribution in [3.63, 3.8) is 0 Å². The molecule has 138 valence electrons. The minimum Gasteiger partial charge on any atom is -0.379 e. The Morgan fingerprint density at radius 1 is 1.31 bits per heavy atom. The summed E-state index contributed by atoms with van der Waals surface area (Å²) >= 11 is 6.07. The fraction of sp³-hybridized carbons (Fsp3) is 0.267. The van der Waals surface area contributed by atoms with E-state index in [1.807, 2.05) is 0 Å². The van der Waals surface area contributed by atoms with Gasteiger partial charge in [0, 0.05) is 19.3 Å². The maximum absolute atomic E-state index is 12.7. The van der Waals surface area contributed by atoms with E-state index in [1.165, 1.54) is 22.5 Å². The Hall–Kier alpha value is -2.27. The predicted octanol–water partition coefficient (Wildman–Crippen LogP) is 0.696. The Balaban J connectivity index is 1.86. The van der Waals surface area contributed by atoms with Gasteiger partial charge >= 0.3 is 0 Å². The Kier molecular flexibility index (Phi) is 5.37. The van der Waals surface area contributed by atoms with Crippen molar-refractivity contribution in [1.29, 1.82) is 0 Å². The maximum atomic E-state index is 12.7. The van der Waals surface area contributed by atoms with Gasteiger partial charge in [0.05, 0.1) is 35.0 Å². The lowest BCUT2D eigenvalue weighted by molar-refractivity contribution is 0.0730. The topological polar surface area (TPSA) is 121 Å². The van der Waals surface area contributed by atoms with Crippen LogP contribution in [-0.4, -0.2) is 54.9 Å². The molecule has 0 saturated carbocycles. The van der Waals surface area contributed by atoms with E-state index >= 15 is 0 Å². The number of H-pyrrole nitrogens is 1. The number of carbonyl (C=O) groups is 1. The number of amides is 1. The zero-order valence-corrected chi connectivity index (χ0v) is 15.0. The molecular formula is C15H15ClN4O5S. The molecule has 0 aliphatic carbocycles. The van der Waals surface area contributed by atoms with Crippen LogP contribution in [0.15, 0.2) is 40.3 Å². The second-order valence-corrected chi connectivity index (χ2v) is 7.75. The van der Waals surface area contributed by atoms with Gasteiger partial charge in [-0.25, -0.2) is 13.4 Å². The van der Waals surface area contributed by atoms with Gasteiger partial charge < -0.3 is 15.0 Å². The van der Waals surface area contributed by atoms with E-state index in [9.17, 15) is 18.0 Å². The summed E-state index contributed by atoms with van der Waals surface area (Å²) in [5.74, 6) is -0.635. The Bertz CT molecular complexity index is 965. The van der Waals surface area contributed by atoms with Crippen LogP contribution in [0.25, 0.3) is 0 Å². The molecule has 1 aliphatic rings. The normalized spacial score (nSPS) is 15.6. The number of benzene rings is 1. The van der Waals surface area contributed by atoms with Crippen molar-refractivity contribution < 1.29 is 17.9 Å². The molecule has 2 aromatic rings. The number of carbonyl (C=O) groups excluding carboxylic acids is 1. The molecular weight excluding hydrogens is 384 g/mol. The number of nitrogens with zero attached hydrogens (tertiary/aromatic N) is 2. The summed E-state index contributed by atoms with van der Waals surface area (Å²) in [4.78, 5) is 29.3. The lowest BCUT2D eigenvalue weighted by Crippen LogP contribution is -2.40. The lowest BCUT2D eigenvalue weighted by atomic mass is 10.3. The summed E-state index contributed by atoms with van der Waals surface area (Å²) in [7, 11) is -3.73. The van der Waals surface area contributed by atoms with Crippen molar-refractivity contribution in [1.82, 2.24) is 14.3 Å². The van der Waals surface area contributed by atoms with Crippen molar-refractivity contribution in [3.8, 4) is 0 Å². The Morgan fingerprint density at radius 2 is 2.04 bits per heavy atom. The molecule has 1 aliphatic heterocycles. The number of ether oxygens (including phenoxy) is 1.